The molecule has 8 nitrogen and oxygen atoms in total. The molecule has 2 N–H and O–H groups in total. The highest BCUT2D eigenvalue weighted by Crippen LogP contribution is 2.25. The molecule has 0 unspecified atom stereocenters. The van der Waals surface area contributed by atoms with Gasteiger partial charge in [-0.3, -0.25) is 4.79 Å². The first-order chi connectivity index (χ1) is 14.5. The third-order valence-corrected chi connectivity index (χ3v) is 5.18. The number of amides is 3. The van der Waals surface area contributed by atoms with Crippen molar-refractivity contribution in [3.05, 3.63) is 59.4 Å². The molecule has 1 saturated heterocycles. The third kappa shape index (κ3) is 4.18. The van der Waals surface area contributed by atoms with Crippen LogP contribution in [-0.2, 0) is 0 Å². The monoisotopic (exact) mass is 427 g/mol. The van der Waals surface area contributed by atoms with E-state index >= 15 is 0 Å². The highest BCUT2D eigenvalue weighted by molar-refractivity contribution is 6.30. The Morgan fingerprint density at radius 1 is 1.27 bits per heavy atom. The molecule has 0 saturated carbocycles. The van der Waals surface area contributed by atoms with E-state index in [-0.39, 0.29) is 23.7 Å². The van der Waals surface area contributed by atoms with E-state index in [1.165, 1.54) is 0 Å². The fourth-order valence-corrected chi connectivity index (χ4v) is 3.58. The molecular weight excluding hydrogens is 406 g/mol. The standard InChI is InChI=1S/C21H22ClN5O3/c1-2-23-21(29)26-10-9-15(13-26)24-20(28)17-12-18(19-4-3-11-30-19)27(25-17)16-7-5-14(22)6-8-16/h3-8,11-12,15H,2,9-10,13H2,1H3,(H,23,29)(H,24,28)/t15-/m0/s1. The molecule has 0 spiro atoms. The molecule has 9 heteroatoms. The van der Waals surface area contributed by atoms with Crippen LogP contribution in [0.5, 0.6) is 0 Å². The van der Waals surface area contributed by atoms with Gasteiger partial charge in [0.05, 0.1) is 12.0 Å². The summed E-state index contributed by atoms with van der Waals surface area (Å²) in [4.78, 5) is 26.5. The number of urea groups is 1. The van der Waals surface area contributed by atoms with Crippen LogP contribution in [0.4, 0.5) is 4.79 Å². The highest BCUT2D eigenvalue weighted by Gasteiger charge is 2.28. The number of hydrogen-bond acceptors (Lipinski definition) is 4. The van der Waals surface area contributed by atoms with Gasteiger partial charge in [-0.1, -0.05) is 11.6 Å². The number of nitrogens with one attached hydrogen (secondary N) is 2. The lowest BCUT2D eigenvalue weighted by Gasteiger charge is -2.17. The minimum Gasteiger partial charge on any atom is -0.463 e. The summed E-state index contributed by atoms with van der Waals surface area (Å²) < 4.78 is 7.18. The maximum atomic E-state index is 12.9. The summed E-state index contributed by atoms with van der Waals surface area (Å²) in [7, 11) is 0. The van der Waals surface area contributed by atoms with Crippen LogP contribution in [0.3, 0.4) is 0 Å². The third-order valence-electron chi connectivity index (χ3n) is 4.93. The second-order valence-electron chi connectivity index (χ2n) is 7.02. The van der Waals surface area contributed by atoms with Crippen LogP contribution < -0.4 is 10.6 Å². The van der Waals surface area contributed by atoms with Gasteiger partial charge in [0, 0.05) is 36.8 Å². The lowest BCUT2D eigenvalue weighted by molar-refractivity contribution is 0.0932. The molecule has 30 heavy (non-hydrogen) atoms. The maximum absolute atomic E-state index is 12.9. The largest absolute Gasteiger partial charge is 0.463 e. The summed E-state index contributed by atoms with van der Waals surface area (Å²) >= 11 is 6.00. The number of carbonyl (C=O) groups excluding carboxylic acids is 2. The Kier molecular flexibility index (Phi) is 5.76. The van der Waals surface area contributed by atoms with Crippen molar-refractivity contribution in [3.8, 4) is 17.1 Å². The Hall–Kier alpha value is -3.26. The molecule has 2 aromatic heterocycles. The van der Waals surface area contributed by atoms with Gasteiger partial charge < -0.3 is 20.0 Å². The van der Waals surface area contributed by atoms with E-state index in [0.29, 0.717) is 42.5 Å². The zero-order valence-corrected chi connectivity index (χ0v) is 17.2. The summed E-state index contributed by atoms with van der Waals surface area (Å²) in [6, 6.07) is 12.2. The summed E-state index contributed by atoms with van der Waals surface area (Å²) in [5.74, 6) is 0.304. The Balaban J connectivity index is 1.54. The summed E-state index contributed by atoms with van der Waals surface area (Å²) in [6.07, 6.45) is 2.27. The van der Waals surface area contributed by atoms with E-state index in [0.717, 1.165) is 5.69 Å². The van der Waals surface area contributed by atoms with Gasteiger partial charge in [0.25, 0.3) is 5.91 Å². The zero-order chi connectivity index (χ0) is 21.1. The number of nitrogens with zero attached hydrogens (tertiary/aromatic N) is 3. The van der Waals surface area contributed by atoms with Crippen molar-refractivity contribution in [3.63, 3.8) is 0 Å². The smallest absolute Gasteiger partial charge is 0.317 e. The summed E-state index contributed by atoms with van der Waals surface area (Å²) in [5.41, 5.74) is 1.68. The van der Waals surface area contributed by atoms with Crippen molar-refractivity contribution in [2.24, 2.45) is 0 Å². The number of benzene rings is 1. The molecule has 1 atom stereocenters. The van der Waals surface area contributed by atoms with Crippen LogP contribution in [-0.4, -0.2) is 52.3 Å². The Morgan fingerprint density at radius 3 is 2.77 bits per heavy atom. The van der Waals surface area contributed by atoms with Crippen LogP contribution in [0.2, 0.25) is 5.02 Å². The van der Waals surface area contributed by atoms with Crippen LogP contribution in [0, 0.1) is 0 Å². The fraction of sp³-hybridized carbons (Fsp3) is 0.286. The molecule has 4 rings (SSSR count). The van der Waals surface area contributed by atoms with Gasteiger partial charge in [-0.25, -0.2) is 9.48 Å². The first kappa shape index (κ1) is 20.0. The van der Waals surface area contributed by atoms with Crippen molar-refractivity contribution in [1.82, 2.24) is 25.3 Å². The highest BCUT2D eigenvalue weighted by atomic mass is 35.5. The normalized spacial score (nSPS) is 15.9. The van der Waals surface area contributed by atoms with Gasteiger partial charge in [0.1, 0.15) is 5.69 Å². The van der Waals surface area contributed by atoms with Gasteiger partial charge in [-0.15, -0.1) is 0 Å². The van der Waals surface area contributed by atoms with Crippen molar-refractivity contribution >= 4 is 23.5 Å². The lowest BCUT2D eigenvalue weighted by atomic mass is 10.2. The van der Waals surface area contributed by atoms with Crippen molar-refractivity contribution in [2.45, 2.75) is 19.4 Å². The number of aromatic nitrogens is 2. The molecule has 0 aliphatic carbocycles. The van der Waals surface area contributed by atoms with Crippen LogP contribution in [0.1, 0.15) is 23.8 Å². The second-order valence-corrected chi connectivity index (χ2v) is 7.46. The molecule has 3 aromatic rings. The number of hydrogen-bond donors (Lipinski definition) is 2. The molecule has 1 fully saturated rings. The van der Waals surface area contributed by atoms with Crippen LogP contribution in [0.15, 0.2) is 53.1 Å². The first-order valence-electron chi connectivity index (χ1n) is 9.78. The number of furan rings is 1. The number of carbonyl (C=O) groups is 2. The zero-order valence-electron chi connectivity index (χ0n) is 16.5. The Morgan fingerprint density at radius 2 is 2.07 bits per heavy atom. The average molecular weight is 428 g/mol. The molecule has 0 bridgehead atoms. The van der Waals surface area contributed by atoms with E-state index in [9.17, 15) is 9.59 Å². The minimum absolute atomic E-state index is 0.110. The molecule has 156 valence electrons. The molecule has 0 radical (unpaired) electrons. The summed E-state index contributed by atoms with van der Waals surface area (Å²) in [5, 5.41) is 10.9. The second kappa shape index (κ2) is 8.62. The van der Waals surface area contributed by atoms with Gasteiger partial charge in [-0.05, 0) is 49.7 Å². The molecule has 1 aromatic carbocycles. The Labute approximate surface area is 178 Å². The minimum atomic E-state index is -0.293. The van der Waals surface area contributed by atoms with Gasteiger partial charge in [0.2, 0.25) is 0 Å². The van der Waals surface area contributed by atoms with Crippen molar-refractivity contribution in [2.75, 3.05) is 19.6 Å². The van der Waals surface area contributed by atoms with Crippen LogP contribution in [0.25, 0.3) is 17.1 Å². The molecule has 3 amide bonds. The van der Waals surface area contributed by atoms with E-state index in [1.54, 1.807) is 40.1 Å². The number of halogens is 1. The lowest BCUT2D eigenvalue weighted by Crippen LogP contribution is -2.42. The molecule has 3 heterocycles. The summed E-state index contributed by atoms with van der Waals surface area (Å²) in [6.45, 7) is 3.53. The number of likely N-dealkylation sites (tertiary alicyclic amines) is 1. The topological polar surface area (TPSA) is 92.4 Å². The quantitative estimate of drug-likeness (QED) is 0.653. The maximum Gasteiger partial charge on any atom is 0.317 e. The SMILES string of the molecule is CCNC(=O)N1CC[C@H](NC(=O)c2cc(-c3ccco3)n(-c3ccc(Cl)cc3)n2)C1. The average Bonchev–Trinajstić information content (AvgIpc) is 3.49. The van der Waals surface area contributed by atoms with Gasteiger partial charge >= 0.3 is 6.03 Å². The Bertz CT molecular complexity index is 1030. The van der Waals surface area contributed by atoms with E-state index in [1.807, 2.05) is 25.1 Å². The predicted octanol–water partition coefficient (Wildman–Crippen LogP) is 3.32. The van der Waals surface area contributed by atoms with Crippen molar-refractivity contribution in [1.29, 1.82) is 0 Å². The molecule has 1 aliphatic heterocycles. The van der Waals surface area contributed by atoms with Crippen LogP contribution >= 0.6 is 11.6 Å². The molecule has 1 aliphatic rings. The van der Waals surface area contributed by atoms with E-state index in [4.69, 9.17) is 16.0 Å². The first-order valence-corrected chi connectivity index (χ1v) is 10.2. The predicted molar refractivity (Wildman–Crippen MR) is 113 cm³/mol. The van der Waals surface area contributed by atoms with E-state index in [2.05, 4.69) is 15.7 Å². The molecular formula is C21H22ClN5O3. The van der Waals surface area contributed by atoms with Gasteiger partial charge in [0.15, 0.2) is 11.5 Å². The fourth-order valence-electron chi connectivity index (χ4n) is 3.46. The van der Waals surface area contributed by atoms with E-state index < -0.39 is 0 Å². The van der Waals surface area contributed by atoms with Gasteiger partial charge in [-0.2, -0.15) is 5.10 Å². The number of rotatable bonds is 5. The van der Waals surface area contributed by atoms with Crippen molar-refractivity contribution < 1.29 is 14.0 Å².